The second-order valence-corrected chi connectivity index (χ2v) is 3.32. The average Bonchev–Trinajstić information content (AvgIpc) is 2.35. The number of amides is 1. The summed E-state index contributed by atoms with van der Waals surface area (Å²) in [5, 5.41) is 10.5. The fourth-order valence-electron chi connectivity index (χ4n) is 1.26. The van der Waals surface area contributed by atoms with Crippen molar-refractivity contribution in [2.24, 2.45) is 0 Å². The monoisotopic (exact) mass is 275 g/mol. The number of methoxy groups -OCH3 is 1. The van der Waals surface area contributed by atoms with Gasteiger partial charge in [0.15, 0.2) is 11.5 Å². The number of alkyl halides is 2. The Labute approximate surface area is 106 Å². The first-order valence-electron chi connectivity index (χ1n) is 5.07. The number of carboxylic acid groups (broad SMARTS) is 1. The molecule has 0 aliphatic rings. The molecule has 0 radical (unpaired) electrons. The third-order valence-corrected chi connectivity index (χ3v) is 2.04. The molecule has 1 aromatic carbocycles. The van der Waals surface area contributed by atoms with E-state index < -0.39 is 25.0 Å². The van der Waals surface area contributed by atoms with Gasteiger partial charge in [0.25, 0.3) is 5.91 Å². The van der Waals surface area contributed by atoms with E-state index in [4.69, 9.17) is 9.84 Å². The molecule has 1 rings (SSSR count). The normalized spacial score (nSPS) is 10.1. The van der Waals surface area contributed by atoms with Gasteiger partial charge in [0.2, 0.25) is 0 Å². The third kappa shape index (κ3) is 4.41. The van der Waals surface area contributed by atoms with E-state index in [0.29, 0.717) is 0 Å². The average molecular weight is 275 g/mol. The zero-order valence-electron chi connectivity index (χ0n) is 9.85. The summed E-state index contributed by atoms with van der Waals surface area (Å²) in [6.45, 7) is -3.56. The summed E-state index contributed by atoms with van der Waals surface area (Å²) < 4.78 is 33.2. The van der Waals surface area contributed by atoms with E-state index in [2.05, 4.69) is 10.1 Å². The summed E-state index contributed by atoms with van der Waals surface area (Å²) in [7, 11) is 1.23. The molecule has 0 heterocycles. The summed E-state index contributed by atoms with van der Waals surface area (Å²) in [5.41, 5.74) is 0.0692. The van der Waals surface area contributed by atoms with Crippen molar-refractivity contribution in [1.29, 1.82) is 0 Å². The molecule has 1 aromatic rings. The smallest absolute Gasteiger partial charge is 0.387 e. The number of nitrogens with one attached hydrogen (secondary N) is 1. The van der Waals surface area contributed by atoms with Crippen LogP contribution in [0, 0.1) is 0 Å². The molecule has 0 spiro atoms. The van der Waals surface area contributed by atoms with Crippen LogP contribution < -0.4 is 14.8 Å². The van der Waals surface area contributed by atoms with Crippen molar-refractivity contribution in [2.45, 2.75) is 6.61 Å². The summed E-state index contributed by atoms with van der Waals surface area (Å²) in [6.07, 6.45) is 0. The van der Waals surface area contributed by atoms with Crippen LogP contribution in [0.25, 0.3) is 0 Å². The predicted molar refractivity (Wildman–Crippen MR) is 59.6 cm³/mol. The van der Waals surface area contributed by atoms with Crippen molar-refractivity contribution in [1.82, 2.24) is 5.32 Å². The van der Waals surface area contributed by atoms with Crippen LogP contribution in [-0.4, -0.2) is 37.2 Å². The van der Waals surface area contributed by atoms with Gasteiger partial charge in [-0.25, -0.2) is 0 Å². The number of carboxylic acids is 1. The van der Waals surface area contributed by atoms with Crippen LogP contribution in [0.4, 0.5) is 8.78 Å². The van der Waals surface area contributed by atoms with Gasteiger partial charge in [-0.2, -0.15) is 8.78 Å². The molecule has 0 aliphatic heterocycles. The summed E-state index contributed by atoms with van der Waals surface area (Å²) in [4.78, 5) is 21.8. The molecular weight excluding hydrogens is 264 g/mol. The number of carbonyl (C=O) groups is 2. The molecule has 19 heavy (non-hydrogen) atoms. The zero-order valence-corrected chi connectivity index (χ0v) is 9.85. The highest BCUT2D eigenvalue weighted by atomic mass is 19.3. The maximum Gasteiger partial charge on any atom is 0.387 e. The quantitative estimate of drug-likeness (QED) is 0.812. The minimum Gasteiger partial charge on any atom is -0.493 e. The van der Waals surface area contributed by atoms with Gasteiger partial charge >= 0.3 is 12.6 Å². The first-order valence-corrected chi connectivity index (χ1v) is 5.07. The summed E-state index contributed by atoms with van der Waals surface area (Å²) >= 11 is 0. The van der Waals surface area contributed by atoms with Gasteiger partial charge in [0, 0.05) is 5.56 Å². The van der Waals surface area contributed by atoms with Crippen LogP contribution in [0.1, 0.15) is 10.4 Å². The molecule has 104 valence electrons. The largest absolute Gasteiger partial charge is 0.493 e. The number of halogens is 2. The first kappa shape index (κ1) is 14.7. The first-order chi connectivity index (χ1) is 8.93. The number of aliphatic carboxylic acids is 1. The van der Waals surface area contributed by atoms with Crippen LogP contribution in [0.15, 0.2) is 18.2 Å². The second-order valence-electron chi connectivity index (χ2n) is 3.32. The maximum absolute atomic E-state index is 12.1. The summed E-state index contributed by atoms with van der Waals surface area (Å²) in [5.74, 6) is -2.13. The van der Waals surface area contributed by atoms with Gasteiger partial charge in [-0.3, -0.25) is 9.59 Å². The summed E-state index contributed by atoms with van der Waals surface area (Å²) in [6, 6.07) is 3.53. The number of carbonyl (C=O) groups excluding carboxylic acids is 1. The lowest BCUT2D eigenvalue weighted by Gasteiger charge is -2.11. The van der Waals surface area contributed by atoms with Crippen molar-refractivity contribution < 1.29 is 33.0 Å². The Bertz CT molecular complexity index is 478. The molecule has 0 bridgehead atoms. The highest BCUT2D eigenvalue weighted by Crippen LogP contribution is 2.29. The minimum atomic E-state index is -3.01. The topological polar surface area (TPSA) is 84.9 Å². The van der Waals surface area contributed by atoms with Crippen molar-refractivity contribution in [3.8, 4) is 11.5 Å². The Hall–Kier alpha value is -2.38. The molecule has 0 fully saturated rings. The maximum atomic E-state index is 12.1. The van der Waals surface area contributed by atoms with E-state index in [1.54, 1.807) is 0 Å². The molecule has 0 saturated carbocycles. The van der Waals surface area contributed by atoms with Gasteiger partial charge in [-0.1, -0.05) is 0 Å². The Kier molecular flexibility index (Phi) is 5.04. The fraction of sp³-hybridized carbons (Fsp3) is 0.273. The lowest BCUT2D eigenvalue weighted by atomic mass is 10.2. The highest BCUT2D eigenvalue weighted by molar-refractivity contribution is 5.96. The standard InChI is InChI=1S/C11H11F2NO5/c1-18-8-4-6(10(17)14-5-9(15)16)2-3-7(8)19-11(12)13/h2-4,11H,5H2,1H3,(H,14,17)(H,15,16). The van der Waals surface area contributed by atoms with E-state index >= 15 is 0 Å². The van der Waals surface area contributed by atoms with Gasteiger partial charge in [0.05, 0.1) is 7.11 Å². The van der Waals surface area contributed by atoms with Crippen molar-refractivity contribution in [2.75, 3.05) is 13.7 Å². The highest BCUT2D eigenvalue weighted by Gasteiger charge is 2.14. The number of rotatable bonds is 6. The van der Waals surface area contributed by atoms with Gasteiger partial charge in [-0.15, -0.1) is 0 Å². The number of ether oxygens (including phenoxy) is 2. The van der Waals surface area contributed by atoms with E-state index in [1.807, 2.05) is 0 Å². The van der Waals surface area contributed by atoms with Crippen molar-refractivity contribution >= 4 is 11.9 Å². The lowest BCUT2D eigenvalue weighted by Crippen LogP contribution is -2.29. The lowest BCUT2D eigenvalue weighted by molar-refractivity contribution is -0.135. The van der Waals surface area contributed by atoms with E-state index in [-0.39, 0.29) is 17.1 Å². The minimum absolute atomic E-state index is 0.0525. The number of hydrogen-bond acceptors (Lipinski definition) is 4. The van der Waals surface area contributed by atoms with Crippen LogP contribution in [0.3, 0.4) is 0 Å². The molecule has 0 aromatic heterocycles. The molecular formula is C11H11F2NO5. The molecule has 0 saturated heterocycles. The molecule has 6 nitrogen and oxygen atoms in total. The van der Waals surface area contributed by atoms with Crippen LogP contribution in [0.5, 0.6) is 11.5 Å². The van der Waals surface area contributed by atoms with Crippen LogP contribution in [0.2, 0.25) is 0 Å². The van der Waals surface area contributed by atoms with Gasteiger partial charge in [-0.05, 0) is 18.2 Å². The molecule has 0 aliphatic carbocycles. The third-order valence-electron chi connectivity index (χ3n) is 2.04. The van der Waals surface area contributed by atoms with Crippen LogP contribution >= 0.6 is 0 Å². The molecule has 8 heteroatoms. The molecule has 0 atom stereocenters. The van der Waals surface area contributed by atoms with Gasteiger partial charge < -0.3 is 19.9 Å². The molecule has 1 amide bonds. The zero-order chi connectivity index (χ0) is 14.4. The SMILES string of the molecule is COc1cc(C(=O)NCC(=O)O)ccc1OC(F)F. The number of benzene rings is 1. The fourth-order valence-corrected chi connectivity index (χ4v) is 1.26. The Morgan fingerprint density at radius 3 is 2.58 bits per heavy atom. The van der Waals surface area contributed by atoms with Gasteiger partial charge in [0.1, 0.15) is 6.54 Å². The van der Waals surface area contributed by atoms with E-state index in [1.165, 1.54) is 19.2 Å². The molecule has 0 unspecified atom stereocenters. The Balaban J connectivity index is 2.86. The molecule has 2 N–H and O–H groups in total. The Morgan fingerprint density at radius 1 is 1.37 bits per heavy atom. The number of hydrogen-bond donors (Lipinski definition) is 2. The van der Waals surface area contributed by atoms with E-state index in [0.717, 1.165) is 6.07 Å². The van der Waals surface area contributed by atoms with E-state index in [9.17, 15) is 18.4 Å². The van der Waals surface area contributed by atoms with Crippen molar-refractivity contribution in [3.63, 3.8) is 0 Å². The van der Waals surface area contributed by atoms with Crippen molar-refractivity contribution in [3.05, 3.63) is 23.8 Å². The second kappa shape index (κ2) is 6.53. The Morgan fingerprint density at radius 2 is 2.05 bits per heavy atom. The van der Waals surface area contributed by atoms with Crippen LogP contribution in [-0.2, 0) is 4.79 Å². The predicted octanol–water partition coefficient (Wildman–Crippen LogP) is 1.11.